The quantitative estimate of drug-likeness (QED) is 0.0820. The zero-order chi connectivity index (χ0) is 34.1. The van der Waals surface area contributed by atoms with E-state index in [1.807, 2.05) is 98.8 Å². The SMILES string of the molecule is C=C(O)C(F)(F)F.C=C/C=C\C(=C/C)CNc1ccccc1C(C=O)CC(=O)N(Cc1cc[n+](Cc2ccccc2)cc1)C(C)C. The average Bonchev–Trinajstić information content (AvgIpc) is 3.03. The molecule has 3 aromatic rings. The summed E-state index contributed by atoms with van der Waals surface area (Å²) in [4.78, 5) is 27.6. The molecule has 0 fully saturated rings. The number of amides is 1. The van der Waals surface area contributed by atoms with E-state index in [4.69, 9.17) is 5.11 Å². The van der Waals surface area contributed by atoms with Gasteiger partial charge in [-0.1, -0.05) is 86.0 Å². The number of aliphatic hydroxyl groups excluding tert-OH is 1. The zero-order valence-corrected chi connectivity index (χ0v) is 26.6. The lowest BCUT2D eigenvalue weighted by atomic mass is 9.94. The van der Waals surface area contributed by atoms with E-state index in [0.29, 0.717) is 13.1 Å². The maximum Gasteiger partial charge on any atom is 0.448 e. The minimum atomic E-state index is -4.64. The van der Waals surface area contributed by atoms with Crippen LogP contribution in [0.5, 0.6) is 0 Å². The van der Waals surface area contributed by atoms with Gasteiger partial charge in [0.2, 0.25) is 5.91 Å². The Labute approximate surface area is 269 Å². The second-order valence-corrected chi connectivity index (χ2v) is 10.8. The summed E-state index contributed by atoms with van der Waals surface area (Å²) in [5, 5.41) is 11.0. The molecule has 244 valence electrons. The summed E-state index contributed by atoms with van der Waals surface area (Å²) in [6.07, 6.45) is 8.12. The maximum absolute atomic E-state index is 13.5. The van der Waals surface area contributed by atoms with Crippen molar-refractivity contribution in [3.63, 3.8) is 0 Å². The van der Waals surface area contributed by atoms with Crippen LogP contribution in [0.25, 0.3) is 0 Å². The van der Waals surface area contributed by atoms with Crippen molar-refractivity contribution in [3.8, 4) is 0 Å². The van der Waals surface area contributed by atoms with E-state index in [-0.39, 0.29) is 18.4 Å². The average molecular weight is 635 g/mol. The summed E-state index contributed by atoms with van der Waals surface area (Å²) in [5.74, 6) is -2.34. The highest BCUT2D eigenvalue weighted by molar-refractivity contribution is 5.83. The molecule has 2 N–H and O–H groups in total. The third kappa shape index (κ3) is 12.6. The first-order valence-corrected chi connectivity index (χ1v) is 14.9. The van der Waals surface area contributed by atoms with Gasteiger partial charge in [0.25, 0.3) is 0 Å². The van der Waals surface area contributed by atoms with Crippen molar-refractivity contribution in [2.45, 2.75) is 58.4 Å². The molecule has 1 heterocycles. The molecule has 0 spiro atoms. The molecule has 0 aliphatic heterocycles. The summed E-state index contributed by atoms with van der Waals surface area (Å²) < 4.78 is 34.6. The summed E-state index contributed by atoms with van der Waals surface area (Å²) in [6, 6.07) is 22.1. The Morgan fingerprint density at radius 3 is 2.17 bits per heavy atom. The molecule has 1 unspecified atom stereocenters. The Morgan fingerprint density at radius 1 is 1.02 bits per heavy atom. The van der Waals surface area contributed by atoms with Crippen molar-refractivity contribution in [2.75, 3.05) is 11.9 Å². The van der Waals surface area contributed by atoms with Gasteiger partial charge in [-0.05, 0) is 43.5 Å². The number of carbonyl (C=O) groups excluding carboxylic acids is 2. The lowest BCUT2D eigenvalue weighted by Gasteiger charge is -2.28. The number of aromatic nitrogens is 1. The van der Waals surface area contributed by atoms with Crippen molar-refractivity contribution in [1.82, 2.24) is 4.90 Å². The van der Waals surface area contributed by atoms with Gasteiger partial charge in [0.15, 0.2) is 24.7 Å². The molecule has 46 heavy (non-hydrogen) atoms. The molecule has 0 bridgehead atoms. The number of aliphatic hydroxyl groups is 1. The smallest absolute Gasteiger partial charge is 0.448 e. The number of allylic oxidation sites excluding steroid dienone is 4. The molecule has 3 rings (SSSR count). The fourth-order valence-corrected chi connectivity index (χ4v) is 4.41. The van der Waals surface area contributed by atoms with E-state index in [1.165, 1.54) is 5.56 Å². The van der Waals surface area contributed by atoms with Crippen molar-refractivity contribution < 1.29 is 32.4 Å². The number of rotatable bonds is 14. The summed E-state index contributed by atoms with van der Waals surface area (Å²) in [7, 11) is 0. The lowest BCUT2D eigenvalue weighted by molar-refractivity contribution is -0.688. The maximum atomic E-state index is 13.5. The molecule has 1 aromatic heterocycles. The number of anilines is 1. The Hall–Kier alpha value is -4.92. The number of para-hydroxylation sites is 1. The van der Waals surface area contributed by atoms with E-state index in [2.05, 4.69) is 47.3 Å². The number of pyridine rings is 1. The van der Waals surface area contributed by atoms with Gasteiger partial charge in [-0.3, -0.25) is 4.79 Å². The highest BCUT2D eigenvalue weighted by atomic mass is 19.4. The molecule has 0 saturated heterocycles. The first-order valence-electron chi connectivity index (χ1n) is 14.9. The van der Waals surface area contributed by atoms with Crippen molar-refractivity contribution >= 4 is 17.9 Å². The fourth-order valence-electron chi connectivity index (χ4n) is 4.41. The molecular weight excluding hydrogens is 591 g/mol. The molecule has 2 aromatic carbocycles. The monoisotopic (exact) mass is 634 g/mol. The van der Waals surface area contributed by atoms with E-state index < -0.39 is 17.9 Å². The van der Waals surface area contributed by atoms with Crippen LogP contribution in [0.3, 0.4) is 0 Å². The van der Waals surface area contributed by atoms with Crippen LogP contribution < -0.4 is 9.88 Å². The molecule has 1 atom stereocenters. The van der Waals surface area contributed by atoms with Gasteiger partial charge in [0.1, 0.15) is 6.29 Å². The van der Waals surface area contributed by atoms with Crippen molar-refractivity contribution in [2.24, 2.45) is 0 Å². The Bertz CT molecular complexity index is 1480. The Kier molecular flexibility index (Phi) is 15.2. The largest absolute Gasteiger partial charge is 0.505 e. The van der Waals surface area contributed by atoms with Gasteiger partial charge in [0.05, 0.1) is 5.92 Å². The predicted octanol–water partition coefficient (Wildman–Crippen LogP) is 7.85. The van der Waals surface area contributed by atoms with E-state index in [0.717, 1.165) is 35.2 Å². The van der Waals surface area contributed by atoms with Crippen LogP contribution in [0.15, 0.2) is 128 Å². The molecule has 0 radical (unpaired) electrons. The van der Waals surface area contributed by atoms with Crippen LogP contribution >= 0.6 is 0 Å². The minimum absolute atomic E-state index is 0.00344. The minimum Gasteiger partial charge on any atom is -0.505 e. The first-order chi connectivity index (χ1) is 21.9. The van der Waals surface area contributed by atoms with Crippen molar-refractivity contribution in [3.05, 3.63) is 145 Å². The fraction of sp³-hybridized carbons (Fsp3) is 0.270. The van der Waals surface area contributed by atoms with Gasteiger partial charge in [-0.25, -0.2) is 4.57 Å². The Balaban J connectivity index is 0.000000942. The third-order valence-corrected chi connectivity index (χ3v) is 7.01. The van der Waals surface area contributed by atoms with Gasteiger partial charge in [-0.15, -0.1) is 0 Å². The van der Waals surface area contributed by atoms with Crippen LogP contribution in [0.4, 0.5) is 18.9 Å². The number of nitrogens with one attached hydrogen (secondary N) is 1. The van der Waals surface area contributed by atoms with E-state index in [1.54, 1.807) is 6.08 Å². The van der Waals surface area contributed by atoms with Gasteiger partial charge >= 0.3 is 6.18 Å². The molecule has 1 amide bonds. The zero-order valence-electron chi connectivity index (χ0n) is 26.6. The van der Waals surface area contributed by atoms with Gasteiger partial charge in [0, 0.05) is 48.9 Å². The Morgan fingerprint density at radius 2 is 1.63 bits per heavy atom. The second kappa shape index (κ2) is 18.8. The predicted molar refractivity (Wildman–Crippen MR) is 177 cm³/mol. The number of alkyl halides is 3. The highest BCUT2D eigenvalue weighted by Crippen LogP contribution is 2.27. The molecule has 6 nitrogen and oxygen atoms in total. The number of hydrogen-bond donors (Lipinski definition) is 2. The van der Waals surface area contributed by atoms with E-state index in [9.17, 15) is 22.8 Å². The second-order valence-electron chi connectivity index (χ2n) is 10.8. The summed E-state index contributed by atoms with van der Waals surface area (Å²) in [6.45, 7) is 13.9. The van der Waals surface area contributed by atoms with Crippen LogP contribution in [-0.2, 0) is 22.7 Å². The van der Waals surface area contributed by atoms with Crippen molar-refractivity contribution in [1.29, 1.82) is 0 Å². The van der Waals surface area contributed by atoms with Crippen LogP contribution in [0.2, 0.25) is 0 Å². The summed E-state index contributed by atoms with van der Waals surface area (Å²) >= 11 is 0. The number of nitrogens with zero attached hydrogens (tertiary/aromatic N) is 2. The standard InChI is InChI=1S/C34H40N3O2.C3H3F3O/c1-5-7-13-28(6-2)23-35-33-17-12-11-16-32(33)31(26-38)22-34(39)37(27(3)4)25-30-18-20-36(21-19-30)24-29-14-9-8-10-15-29;1-2(7)3(4,5)6/h5-21,26-27,31,35H,1,22-25H2,2-4H3;7H,1H2/q+1;/b13-7-,28-6+;. The van der Waals surface area contributed by atoms with Gasteiger partial charge in [-0.2, -0.15) is 13.2 Å². The number of aldehydes is 1. The van der Waals surface area contributed by atoms with Gasteiger partial charge < -0.3 is 20.1 Å². The normalized spacial score (nSPS) is 12.2. The summed E-state index contributed by atoms with van der Waals surface area (Å²) in [5.41, 5.74) is 5.07. The van der Waals surface area contributed by atoms with Crippen LogP contribution in [0, 0.1) is 0 Å². The first kappa shape index (κ1) is 37.3. The third-order valence-electron chi connectivity index (χ3n) is 7.01. The molecule has 0 saturated carbocycles. The number of halogens is 3. The number of carbonyl (C=O) groups is 2. The molecule has 0 aliphatic rings. The van der Waals surface area contributed by atoms with Crippen LogP contribution in [-0.4, -0.2) is 41.0 Å². The molecule has 9 heteroatoms. The lowest BCUT2D eigenvalue weighted by Crippen LogP contribution is -2.38. The van der Waals surface area contributed by atoms with E-state index >= 15 is 0 Å². The topological polar surface area (TPSA) is 73.5 Å². The number of benzene rings is 2. The number of hydrogen-bond acceptors (Lipinski definition) is 4. The molecule has 0 aliphatic carbocycles. The highest BCUT2D eigenvalue weighted by Gasteiger charge is 2.31. The van der Waals surface area contributed by atoms with Crippen LogP contribution in [0.1, 0.15) is 49.8 Å². The molecular formula is C37H43F3N3O3+.